The number of terminal acetylenes is 1. The van der Waals surface area contributed by atoms with Crippen LogP contribution in [0.1, 0.15) is 18.7 Å². The number of aromatic amines is 1. The Balaban J connectivity index is 1.58. The summed E-state index contributed by atoms with van der Waals surface area (Å²) in [5.74, 6) is -2.11. The predicted octanol–water partition coefficient (Wildman–Crippen LogP) is 0.307. The third-order valence-corrected chi connectivity index (χ3v) is 5.94. The topological polar surface area (TPSA) is 149 Å². The number of hydrogen-bond donors (Lipinski definition) is 3. The van der Waals surface area contributed by atoms with Crippen LogP contribution in [0, 0.1) is 18.2 Å². The SMILES string of the molecule is [2H][C@@]1(n2cc(C#C)c(=O)[nH]c2=O)O[C@](F)(COP2(=O)OCc3cc(F)ccc3O2)[C@@H](O)[C@H]1O. The van der Waals surface area contributed by atoms with E-state index in [-0.39, 0.29) is 15.9 Å². The smallest absolute Gasteiger partial charge is 0.404 e. The summed E-state index contributed by atoms with van der Waals surface area (Å²) >= 11 is 0. The van der Waals surface area contributed by atoms with Crippen LogP contribution in [-0.2, 0) is 25.0 Å². The maximum Gasteiger partial charge on any atom is 0.530 e. The first-order chi connectivity index (χ1) is 15.4. The second-order valence-corrected chi connectivity index (χ2v) is 8.36. The number of ether oxygens (including phenoxy) is 1. The van der Waals surface area contributed by atoms with Gasteiger partial charge < -0.3 is 19.5 Å². The lowest BCUT2D eigenvalue weighted by molar-refractivity contribution is -0.205. The summed E-state index contributed by atoms with van der Waals surface area (Å²) in [6, 6.07) is 3.24. The van der Waals surface area contributed by atoms with Crippen molar-refractivity contribution in [1.82, 2.24) is 9.55 Å². The van der Waals surface area contributed by atoms with Gasteiger partial charge in [0.25, 0.3) is 11.4 Å². The van der Waals surface area contributed by atoms with Crippen molar-refractivity contribution < 1.29 is 43.2 Å². The van der Waals surface area contributed by atoms with Crippen LogP contribution < -0.4 is 15.8 Å². The van der Waals surface area contributed by atoms with Crippen LogP contribution in [0.2, 0.25) is 0 Å². The van der Waals surface area contributed by atoms with Gasteiger partial charge in [0.05, 0.1) is 7.98 Å². The van der Waals surface area contributed by atoms with Crippen LogP contribution >= 0.6 is 7.82 Å². The highest BCUT2D eigenvalue weighted by Gasteiger charge is 2.57. The van der Waals surface area contributed by atoms with Crippen LogP contribution in [0.15, 0.2) is 34.0 Å². The van der Waals surface area contributed by atoms with E-state index in [1.807, 2.05) is 5.92 Å². The lowest BCUT2D eigenvalue weighted by Gasteiger charge is -2.28. The molecular weight excluding hydrogens is 457 g/mol. The number of aromatic nitrogens is 2. The van der Waals surface area contributed by atoms with E-state index in [2.05, 4.69) is 0 Å². The van der Waals surface area contributed by atoms with Gasteiger partial charge in [0.1, 0.15) is 35.9 Å². The maximum absolute atomic E-state index is 15.4. The highest BCUT2D eigenvalue weighted by molar-refractivity contribution is 7.49. The molecule has 2 aliphatic rings. The highest BCUT2D eigenvalue weighted by atomic mass is 31.2. The van der Waals surface area contributed by atoms with E-state index in [0.29, 0.717) is 6.20 Å². The van der Waals surface area contributed by atoms with Gasteiger partial charge >= 0.3 is 13.5 Å². The number of nitrogens with zero attached hydrogens (tertiary/aromatic N) is 1. The van der Waals surface area contributed by atoms with E-state index in [9.17, 15) is 28.8 Å². The first-order valence-corrected chi connectivity index (χ1v) is 10.3. The molecule has 14 heteroatoms. The fraction of sp³-hybridized carbons (Fsp3) is 0.333. The molecule has 1 fully saturated rings. The number of alkyl halides is 1. The molecule has 0 saturated carbocycles. The van der Waals surface area contributed by atoms with E-state index in [1.165, 1.54) is 0 Å². The van der Waals surface area contributed by atoms with E-state index in [1.54, 1.807) is 4.98 Å². The molecule has 32 heavy (non-hydrogen) atoms. The average Bonchev–Trinajstić information content (AvgIpc) is 2.94. The minimum Gasteiger partial charge on any atom is -0.404 e. The van der Waals surface area contributed by atoms with Crippen LogP contribution in [0.3, 0.4) is 0 Å². The number of fused-ring (bicyclic) bond motifs is 1. The molecule has 4 rings (SSSR count). The van der Waals surface area contributed by atoms with Crippen molar-refractivity contribution in [1.29, 1.82) is 0 Å². The van der Waals surface area contributed by atoms with Crippen LogP contribution in [0.25, 0.3) is 0 Å². The third-order valence-electron chi connectivity index (χ3n) is 4.63. The number of nitrogens with one attached hydrogen (secondary N) is 1. The van der Waals surface area contributed by atoms with Gasteiger partial charge in [-0.3, -0.25) is 23.4 Å². The number of H-pyrrole nitrogens is 1. The van der Waals surface area contributed by atoms with Gasteiger partial charge in [0, 0.05) is 11.8 Å². The fourth-order valence-corrected chi connectivity index (χ4v) is 4.22. The Hall–Kier alpha value is -2.85. The van der Waals surface area contributed by atoms with Crippen LogP contribution in [0.5, 0.6) is 5.75 Å². The van der Waals surface area contributed by atoms with E-state index >= 15 is 4.39 Å². The Bertz CT molecular complexity index is 1330. The molecule has 170 valence electrons. The quantitative estimate of drug-likeness (QED) is 0.421. The van der Waals surface area contributed by atoms with Crippen LogP contribution in [-0.4, -0.2) is 44.4 Å². The first kappa shape index (κ1) is 21.0. The Morgan fingerprint density at radius 1 is 1.47 bits per heavy atom. The highest BCUT2D eigenvalue weighted by Crippen LogP contribution is 2.55. The Morgan fingerprint density at radius 3 is 2.94 bits per heavy atom. The van der Waals surface area contributed by atoms with Crippen molar-refractivity contribution in [3.05, 3.63) is 62.2 Å². The molecule has 0 bridgehead atoms. The minimum absolute atomic E-state index is 0.0525. The van der Waals surface area contributed by atoms with Gasteiger partial charge in [-0.25, -0.2) is 18.1 Å². The van der Waals surface area contributed by atoms with Gasteiger partial charge in [-0.05, 0) is 18.2 Å². The molecule has 1 unspecified atom stereocenters. The zero-order chi connectivity index (χ0) is 24.2. The van der Waals surface area contributed by atoms with Crippen molar-refractivity contribution >= 4 is 7.82 Å². The Morgan fingerprint density at radius 2 is 2.22 bits per heavy atom. The van der Waals surface area contributed by atoms with Gasteiger partial charge in [-0.2, -0.15) is 0 Å². The molecule has 2 aromatic rings. The summed E-state index contributed by atoms with van der Waals surface area (Å²) in [6.45, 7) is -1.78. The van der Waals surface area contributed by atoms with Gasteiger partial charge in [0.2, 0.25) is 0 Å². The lowest BCUT2D eigenvalue weighted by atomic mass is 10.1. The normalized spacial score (nSPS) is 34.3. The Kier molecular flexibility index (Phi) is 5.21. The first-order valence-electron chi connectivity index (χ1n) is 9.36. The van der Waals surface area contributed by atoms with E-state index in [0.717, 1.165) is 18.2 Å². The number of hydrogen-bond acceptors (Lipinski definition) is 9. The summed E-state index contributed by atoms with van der Waals surface area (Å²) in [7, 11) is -4.48. The summed E-state index contributed by atoms with van der Waals surface area (Å²) in [5.41, 5.74) is -2.50. The van der Waals surface area contributed by atoms with Crippen molar-refractivity contribution in [3.63, 3.8) is 0 Å². The lowest BCUT2D eigenvalue weighted by Crippen LogP contribution is -2.43. The molecule has 1 saturated heterocycles. The standard InChI is InChI=1S/C18H15F2N2O9P/c1-2-9-6-22(17(26)21-15(9)25)16-13(23)14(24)18(20,30-16)8-29-32(27)28-7-10-5-11(19)3-4-12(10)31-32/h1,3-6,13-14,16,23-24H,7-8H2,(H,21,25,26)/t13-,14+,16-,18-,32?/m1/s1/i16D. The average molecular weight is 473 g/mol. The number of aliphatic hydroxyl groups is 2. The molecule has 0 amide bonds. The molecule has 0 radical (unpaired) electrons. The monoisotopic (exact) mass is 473 g/mol. The largest absolute Gasteiger partial charge is 0.530 e. The van der Waals surface area contributed by atoms with Crippen molar-refractivity contribution in [2.45, 2.75) is 30.9 Å². The molecule has 5 atom stereocenters. The fourth-order valence-electron chi connectivity index (χ4n) is 2.99. The Labute approximate surface area is 179 Å². The second kappa shape index (κ2) is 7.93. The number of rotatable bonds is 4. The second-order valence-electron chi connectivity index (χ2n) is 6.77. The van der Waals surface area contributed by atoms with Gasteiger partial charge in [0.15, 0.2) is 6.20 Å². The maximum atomic E-state index is 15.4. The number of benzene rings is 1. The molecular formula is C18H15F2N2O9P. The van der Waals surface area contributed by atoms with E-state index < -0.39 is 67.9 Å². The van der Waals surface area contributed by atoms with Gasteiger partial charge in [-0.1, -0.05) is 5.92 Å². The van der Waals surface area contributed by atoms with Crippen molar-refractivity contribution in [3.8, 4) is 18.1 Å². The minimum atomic E-state index is -4.48. The zero-order valence-corrected chi connectivity index (χ0v) is 16.8. The molecule has 11 nitrogen and oxygen atoms in total. The molecule has 1 aromatic heterocycles. The van der Waals surface area contributed by atoms with Crippen molar-refractivity contribution in [2.75, 3.05) is 6.61 Å². The predicted molar refractivity (Wildman–Crippen MR) is 101 cm³/mol. The number of halogens is 2. The summed E-state index contributed by atoms with van der Waals surface area (Å²) in [6.07, 6.45) is -2.07. The summed E-state index contributed by atoms with van der Waals surface area (Å²) < 4.78 is 69.6. The molecule has 3 N–H and O–H groups in total. The number of phosphoric ester groups is 1. The molecule has 1 aromatic carbocycles. The third kappa shape index (κ3) is 3.88. The van der Waals surface area contributed by atoms with E-state index in [4.69, 9.17) is 26.1 Å². The summed E-state index contributed by atoms with van der Waals surface area (Å²) in [4.78, 5) is 25.6. The van der Waals surface area contributed by atoms with Crippen molar-refractivity contribution in [2.24, 2.45) is 0 Å². The van der Waals surface area contributed by atoms with Crippen LogP contribution in [0.4, 0.5) is 8.78 Å². The molecule has 0 aliphatic carbocycles. The zero-order valence-electron chi connectivity index (χ0n) is 16.9. The van der Waals surface area contributed by atoms with Gasteiger partial charge in [-0.15, -0.1) is 6.42 Å². The number of aliphatic hydroxyl groups excluding tert-OH is 2. The summed E-state index contributed by atoms with van der Waals surface area (Å²) in [5, 5.41) is 20.5. The molecule has 0 spiro atoms. The number of phosphoric acid groups is 1. The molecule has 3 heterocycles. The molecule has 2 aliphatic heterocycles.